The number of allylic oxidation sites excluding steroid dienone is 1. The van der Waals surface area contributed by atoms with Gasteiger partial charge < -0.3 is 20.3 Å². The van der Waals surface area contributed by atoms with Gasteiger partial charge in [-0.05, 0) is 32.1 Å². The number of carbonyl (C=O) groups excluding carboxylic acids is 2. The van der Waals surface area contributed by atoms with Crippen LogP contribution in [-0.4, -0.2) is 47.4 Å². The zero-order chi connectivity index (χ0) is 45.8. The molecule has 6 heteroatoms. The highest BCUT2D eigenvalue weighted by Gasteiger charge is 2.18. The van der Waals surface area contributed by atoms with E-state index in [1.54, 1.807) is 6.08 Å². The molecule has 2 unspecified atom stereocenters. The van der Waals surface area contributed by atoms with Crippen LogP contribution in [0.25, 0.3) is 0 Å². The van der Waals surface area contributed by atoms with Crippen molar-refractivity contribution in [2.45, 2.75) is 328 Å². The molecule has 0 bridgehead atoms. The number of nitrogens with one attached hydrogen (secondary N) is 1. The summed E-state index contributed by atoms with van der Waals surface area (Å²) in [6, 6.07) is -0.641. The summed E-state index contributed by atoms with van der Waals surface area (Å²) in [5, 5.41) is 23.1. The van der Waals surface area contributed by atoms with E-state index in [1.165, 1.54) is 231 Å². The van der Waals surface area contributed by atoms with Gasteiger partial charge in [0.25, 0.3) is 0 Å². The van der Waals surface area contributed by atoms with E-state index in [1.807, 2.05) is 6.08 Å². The average molecular weight is 891 g/mol. The zero-order valence-electron chi connectivity index (χ0n) is 42.6. The van der Waals surface area contributed by atoms with Crippen LogP contribution in [0.4, 0.5) is 0 Å². The van der Waals surface area contributed by atoms with Crippen LogP contribution in [-0.2, 0) is 14.3 Å². The molecule has 0 saturated carbocycles. The molecule has 0 aromatic heterocycles. The van der Waals surface area contributed by atoms with Crippen LogP contribution in [0, 0.1) is 0 Å². The first-order valence-electron chi connectivity index (χ1n) is 28.5. The minimum absolute atomic E-state index is 0.0104. The Hall–Kier alpha value is -1.40. The lowest BCUT2D eigenvalue weighted by molar-refractivity contribution is -0.143. The number of hydrogen-bond acceptors (Lipinski definition) is 5. The van der Waals surface area contributed by atoms with Crippen LogP contribution in [0.3, 0.4) is 0 Å². The molecule has 0 aromatic rings. The summed E-state index contributed by atoms with van der Waals surface area (Å²) in [4.78, 5) is 24.5. The maximum atomic E-state index is 12.5. The molecule has 2 atom stereocenters. The summed E-state index contributed by atoms with van der Waals surface area (Å²) >= 11 is 0. The van der Waals surface area contributed by atoms with E-state index in [4.69, 9.17) is 4.74 Å². The Morgan fingerprint density at radius 3 is 1.08 bits per heavy atom. The van der Waals surface area contributed by atoms with Crippen LogP contribution in [0.15, 0.2) is 12.2 Å². The highest BCUT2D eigenvalue weighted by Crippen LogP contribution is 2.17. The molecule has 0 aliphatic rings. The van der Waals surface area contributed by atoms with E-state index in [-0.39, 0.29) is 18.5 Å². The van der Waals surface area contributed by atoms with E-state index in [0.29, 0.717) is 19.4 Å². The largest absolute Gasteiger partial charge is 0.466 e. The van der Waals surface area contributed by atoms with Gasteiger partial charge in [0, 0.05) is 12.8 Å². The zero-order valence-corrected chi connectivity index (χ0v) is 42.6. The van der Waals surface area contributed by atoms with E-state index in [0.717, 1.165) is 57.8 Å². The fourth-order valence-electron chi connectivity index (χ4n) is 8.93. The van der Waals surface area contributed by atoms with Gasteiger partial charge in [-0.25, -0.2) is 0 Å². The first kappa shape index (κ1) is 61.6. The van der Waals surface area contributed by atoms with Crippen molar-refractivity contribution in [2.24, 2.45) is 0 Å². The van der Waals surface area contributed by atoms with Gasteiger partial charge in [0.2, 0.25) is 5.91 Å². The van der Waals surface area contributed by atoms with Gasteiger partial charge in [0.05, 0.1) is 25.4 Å². The second kappa shape index (κ2) is 53.2. The van der Waals surface area contributed by atoms with Crippen molar-refractivity contribution in [3.05, 3.63) is 12.2 Å². The van der Waals surface area contributed by atoms with E-state index in [2.05, 4.69) is 19.2 Å². The molecule has 0 aliphatic heterocycles. The molecule has 0 spiro atoms. The molecule has 3 N–H and O–H groups in total. The molecule has 0 heterocycles. The molecule has 6 nitrogen and oxygen atoms in total. The molecular weight excluding hydrogens is 779 g/mol. The SMILES string of the molecule is CCCCCCCCCCCCCCCCC/C=C/C(O)C(CO)NC(=O)CCCCCCCCCCCCCOC(=O)CCCCCCCCCCCCCCCCCCCC. The normalized spacial score (nSPS) is 12.6. The van der Waals surface area contributed by atoms with Gasteiger partial charge in [0.15, 0.2) is 0 Å². The number of rotatable bonds is 53. The predicted molar refractivity (Wildman–Crippen MR) is 273 cm³/mol. The third-order valence-electron chi connectivity index (χ3n) is 13.3. The van der Waals surface area contributed by atoms with Gasteiger partial charge in [-0.15, -0.1) is 0 Å². The monoisotopic (exact) mass is 890 g/mol. The molecule has 63 heavy (non-hydrogen) atoms. The number of carbonyl (C=O) groups is 2. The lowest BCUT2D eigenvalue weighted by atomic mass is 10.0. The van der Waals surface area contributed by atoms with Crippen LogP contribution in [0.5, 0.6) is 0 Å². The number of ether oxygens (including phenoxy) is 1. The fraction of sp³-hybridized carbons (Fsp3) is 0.930. The second-order valence-corrected chi connectivity index (χ2v) is 19.6. The quantitative estimate of drug-likeness (QED) is 0.0321. The van der Waals surface area contributed by atoms with Crippen LogP contribution in [0.2, 0.25) is 0 Å². The number of esters is 1. The smallest absolute Gasteiger partial charge is 0.305 e. The molecule has 0 fully saturated rings. The standard InChI is InChI=1S/C57H111NO5/c1-3-5-7-9-11-13-15-17-19-21-23-25-27-31-35-39-43-47-51-57(62)63-52-48-44-40-36-32-28-30-34-38-42-46-50-56(61)58-54(53-59)55(60)49-45-41-37-33-29-26-24-22-20-18-16-14-12-10-8-6-4-2/h45,49,54-55,59-60H,3-44,46-48,50-53H2,1-2H3,(H,58,61)/b49-45+. The number of unbranched alkanes of at least 4 members (excludes halogenated alkanes) is 42. The number of aliphatic hydroxyl groups excluding tert-OH is 2. The van der Waals surface area contributed by atoms with E-state index < -0.39 is 12.1 Å². The molecule has 374 valence electrons. The summed E-state index contributed by atoms with van der Waals surface area (Å²) in [7, 11) is 0. The highest BCUT2D eigenvalue weighted by atomic mass is 16.5. The van der Waals surface area contributed by atoms with Crippen molar-refractivity contribution in [3.63, 3.8) is 0 Å². The average Bonchev–Trinajstić information content (AvgIpc) is 3.28. The van der Waals surface area contributed by atoms with Gasteiger partial charge in [-0.1, -0.05) is 283 Å². The topological polar surface area (TPSA) is 95.9 Å². The summed E-state index contributed by atoms with van der Waals surface area (Å²) < 4.78 is 5.48. The molecular formula is C57H111NO5. The van der Waals surface area contributed by atoms with Crippen LogP contribution in [0.1, 0.15) is 316 Å². The minimum atomic E-state index is -0.856. The first-order valence-corrected chi connectivity index (χ1v) is 28.5. The molecule has 0 rings (SSSR count). The van der Waals surface area contributed by atoms with Crippen LogP contribution >= 0.6 is 0 Å². The van der Waals surface area contributed by atoms with Crippen molar-refractivity contribution < 1.29 is 24.5 Å². The molecule has 0 radical (unpaired) electrons. The van der Waals surface area contributed by atoms with E-state index in [9.17, 15) is 19.8 Å². The van der Waals surface area contributed by atoms with Crippen molar-refractivity contribution in [1.82, 2.24) is 5.32 Å². The lowest BCUT2D eigenvalue weighted by Gasteiger charge is -2.20. The molecule has 0 saturated heterocycles. The number of aliphatic hydroxyl groups is 2. The maximum Gasteiger partial charge on any atom is 0.305 e. The third-order valence-corrected chi connectivity index (χ3v) is 13.3. The molecule has 0 aromatic carbocycles. The van der Waals surface area contributed by atoms with Gasteiger partial charge >= 0.3 is 5.97 Å². The van der Waals surface area contributed by atoms with Crippen molar-refractivity contribution in [2.75, 3.05) is 13.2 Å². The van der Waals surface area contributed by atoms with Gasteiger partial charge in [-0.2, -0.15) is 0 Å². The molecule has 0 aliphatic carbocycles. The Balaban J connectivity index is 3.46. The first-order chi connectivity index (χ1) is 31.0. The summed E-state index contributed by atoms with van der Waals surface area (Å²) in [5.74, 6) is -0.0943. The van der Waals surface area contributed by atoms with Crippen LogP contribution < -0.4 is 5.32 Å². The maximum absolute atomic E-state index is 12.5. The number of amides is 1. The van der Waals surface area contributed by atoms with Crippen molar-refractivity contribution in [3.8, 4) is 0 Å². The van der Waals surface area contributed by atoms with Gasteiger partial charge in [-0.3, -0.25) is 9.59 Å². The second-order valence-electron chi connectivity index (χ2n) is 19.6. The number of hydrogen-bond donors (Lipinski definition) is 3. The third kappa shape index (κ3) is 49.9. The van der Waals surface area contributed by atoms with Crippen molar-refractivity contribution in [1.29, 1.82) is 0 Å². The highest BCUT2D eigenvalue weighted by molar-refractivity contribution is 5.76. The van der Waals surface area contributed by atoms with E-state index >= 15 is 0 Å². The van der Waals surface area contributed by atoms with Crippen molar-refractivity contribution >= 4 is 11.9 Å². The Labute approximate surface area is 393 Å². The Morgan fingerprint density at radius 1 is 0.429 bits per heavy atom. The summed E-state index contributed by atoms with van der Waals surface area (Å²) in [6.45, 7) is 4.89. The lowest BCUT2D eigenvalue weighted by Crippen LogP contribution is -2.45. The Morgan fingerprint density at radius 2 is 0.730 bits per heavy atom. The Bertz CT molecular complexity index is 939. The Kier molecular flexibility index (Phi) is 52.0. The summed E-state index contributed by atoms with van der Waals surface area (Å²) in [6.07, 6.45) is 62.2. The van der Waals surface area contributed by atoms with Gasteiger partial charge in [0.1, 0.15) is 0 Å². The predicted octanol–water partition coefficient (Wildman–Crippen LogP) is 17.3. The molecule has 1 amide bonds. The fourth-order valence-corrected chi connectivity index (χ4v) is 8.93. The minimum Gasteiger partial charge on any atom is -0.466 e. The summed E-state index contributed by atoms with van der Waals surface area (Å²) in [5.41, 5.74) is 0.